The zero-order chi connectivity index (χ0) is 23.0. The van der Waals surface area contributed by atoms with E-state index >= 15 is 0 Å². The summed E-state index contributed by atoms with van der Waals surface area (Å²) in [6.07, 6.45) is -9.57. The van der Waals surface area contributed by atoms with E-state index in [9.17, 15) is 31.4 Å². The standard InChI is InChI=1S/C20H14F6N2O3.Na.H2O/c21-19(22,23)15-5-10(27)1-3-17(15)30-13-7-12(29)8-14(9-13)31-18-4-2-11(28)6-16(18)20(24,25)26;;/h1-9,29H,27-28H2;;1H2/q;+1;/p-1. The van der Waals surface area contributed by atoms with Crippen LogP contribution in [0.15, 0.2) is 54.6 Å². The molecule has 0 aliphatic heterocycles. The number of nitrogens with two attached hydrogens (primary N) is 2. The molecule has 0 saturated carbocycles. The average Bonchev–Trinajstić information content (AvgIpc) is 2.62. The van der Waals surface area contributed by atoms with Gasteiger partial charge in [0.25, 0.3) is 0 Å². The molecule has 0 aliphatic rings. The minimum Gasteiger partial charge on any atom is -0.870 e. The number of alkyl halides is 6. The van der Waals surface area contributed by atoms with Crippen LogP contribution >= 0.6 is 0 Å². The van der Waals surface area contributed by atoms with E-state index in [1.54, 1.807) is 0 Å². The van der Waals surface area contributed by atoms with Gasteiger partial charge in [-0.1, -0.05) is 0 Å². The van der Waals surface area contributed by atoms with E-state index in [2.05, 4.69) is 0 Å². The summed E-state index contributed by atoms with van der Waals surface area (Å²) in [7, 11) is 0. The van der Waals surface area contributed by atoms with Crippen LogP contribution in [0, 0.1) is 0 Å². The zero-order valence-corrected chi connectivity index (χ0v) is 18.8. The van der Waals surface area contributed by atoms with E-state index in [0.717, 1.165) is 30.3 Å². The number of benzene rings is 3. The van der Waals surface area contributed by atoms with Gasteiger partial charge in [0.2, 0.25) is 0 Å². The minimum absolute atomic E-state index is 0. The molecule has 6 nitrogen and oxygen atoms in total. The number of hydrogen-bond acceptors (Lipinski definition) is 6. The topological polar surface area (TPSA) is 121 Å². The number of ether oxygens (including phenoxy) is 2. The molecule has 0 saturated heterocycles. The summed E-state index contributed by atoms with van der Waals surface area (Å²) in [5.74, 6) is -2.38. The average molecular weight is 484 g/mol. The molecule has 13 heteroatoms. The number of hydrogen-bond donors (Lipinski definition) is 3. The van der Waals surface area contributed by atoms with Crippen molar-refractivity contribution in [2.75, 3.05) is 11.5 Å². The Hall–Kier alpha value is -2.80. The molecule has 3 aromatic carbocycles. The molecule has 6 N–H and O–H groups in total. The van der Waals surface area contributed by atoms with Crippen LogP contribution in [0.3, 0.4) is 0 Å². The molecule has 0 heterocycles. The largest absolute Gasteiger partial charge is 1.00 e. The first kappa shape index (κ1) is 28.2. The van der Waals surface area contributed by atoms with Crippen LogP contribution in [0.2, 0.25) is 0 Å². The second-order valence-electron chi connectivity index (χ2n) is 6.37. The Bertz CT molecular complexity index is 1040. The summed E-state index contributed by atoms with van der Waals surface area (Å²) in [6.45, 7) is 0. The zero-order valence-electron chi connectivity index (χ0n) is 16.8. The molecule has 0 radical (unpaired) electrons. The van der Waals surface area contributed by atoms with Gasteiger partial charge in [-0.15, -0.1) is 0 Å². The van der Waals surface area contributed by atoms with E-state index in [0.29, 0.717) is 12.1 Å². The number of phenols is 1. The van der Waals surface area contributed by atoms with Gasteiger partial charge in [0.15, 0.2) is 0 Å². The number of phenolic OH excluding ortho intramolecular Hbond substituents is 1. The number of anilines is 2. The maximum absolute atomic E-state index is 13.2. The Kier molecular flexibility index (Phi) is 8.92. The molecule has 33 heavy (non-hydrogen) atoms. The molecule has 3 rings (SSSR count). The summed E-state index contributed by atoms with van der Waals surface area (Å²) in [5.41, 5.74) is 8.15. The molecule has 0 atom stereocenters. The molecule has 172 valence electrons. The molecule has 0 aliphatic carbocycles. The van der Waals surface area contributed by atoms with Gasteiger partial charge >= 0.3 is 41.9 Å². The van der Waals surface area contributed by atoms with E-state index in [1.165, 1.54) is 12.1 Å². The van der Waals surface area contributed by atoms with Gasteiger partial charge in [0, 0.05) is 29.6 Å². The molecule has 0 spiro atoms. The Morgan fingerprint density at radius 2 is 1.00 bits per heavy atom. The predicted molar refractivity (Wildman–Crippen MR) is 102 cm³/mol. The second kappa shape index (κ2) is 10.4. The van der Waals surface area contributed by atoms with Crippen LogP contribution in [0.25, 0.3) is 0 Å². The fourth-order valence-corrected chi connectivity index (χ4v) is 2.64. The Morgan fingerprint density at radius 1 is 0.636 bits per heavy atom. The molecule has 0 amide bonds. The van der Waals surface area contributed by atoms with Crippen LogP contribution in [0.1, 0.15) is 11.1 Å². The number of halogens is 6. The maximum atomic E-state index is 13.2. The summed E-state index contributed by atoms with van der Waals surface area (Å²) in [4.78, 5) is 0. The second-order valence-corrected chi connectivity index (χ2v) is 6.37. The maximum Gasteiger partial charge on any atom is 1.00 e. The fourth-order valence-electron chi connectivity index (χ4n) is 2.64. The van der Waals surface area contributed by atoms with Crippen molar-refractivity contribution < 1.29 is 76.0 Å². The van der Waals surface area contributed by atoms with Crippen molar-refractivity contribution in [2.24, 2.45) is 0 Å². The quantitative estimate of drug-likeness (QED) is 0.298. The van der Waals surface area contributed by atoms with E-state index in [-0.39, 0.29) is 57.9 Å². The van der Waals surface area contributed by atoms with Crippen LogP contribution in [-0.4, -0.2) is 10.6 Å². The third-order valence-corrected chi connectivity index (χ3v) is 3.94. The minimum atomic E-state index is -4.79. The molecule has 0 unspecified atom stereocenters. The van der Waals surface area contributed by atoms with Gasteiger partial charge in [0.05, 0.1) is 0 Å². The van der Waals surface area contributed by atoms with Gasteiger partial charge in [0.1, 0.15) is 39.9 Å². The molecule has 0 aromatic heterocycles. The van der Waals surface area contributed by atoms with E-state index in [4.69, 9.17) is 20.9 Å². The van der Waals surface area contributed by atoms with Gasteiger partial charge < -0.3 is 31.5 Å². The molecular weight excluding hydrogens is 469 g/mol. The third-order valence-electron chi connectivity index (χ3n) is 3.94. The summed E-state index contributed by atoms with van der Waals surface area (Å²) < 4.78 is 89.9. The molecule has 3 aromatic rings. The summed E-state index contributed by atoms with van der Waals surface area (Å²) >= 11 is 0. The molecule has 0 bridgehead atoms. The van der Waals surface area contributed by atoms with Gasteiger partial charge in [-0.3, -0.25) is 0 Å². The van der Waals surface area contributed by atoms with Crippen LogP contribution < -0.4 is 50.5 Å². The molecular formula is C20H15F6N2NaO4. The summed E-state index contributed by atoms with van der Waals surface area (Å²) in [5, 5.41) is 9.85. The van der Waals surface area contributed by atoms with Crippen molar-refractivity contribution in [3.8, 4) is 28.7 Å². The normalized spacial score (nSPS) is 11.2. The first-order valence-corrected chi connectivity index (χ1v) is 8.46. The van der Waals surface area contributed by atoms with E-state index < -0.39 is 40.7 Å². The number of nitrogen functional groups attached to an aromatic ring is 2. The van der Waals surface area contributed by atoms with Crippen molar-refractivity contribution in [3.05, 3.63) is 65.7 Å². The Morgan fingerprint density at radius 3 is 1.33 bits per heavy atom. The van der Waals surface area contributed by atoms with Gasteiger partial charge in [-0.25, -0.2) is 0 Å². The van der Waals surface area contributed by atoms with Crippen LogP contribution in [-0.2, 0) is 12.4 Å². The summed E-state index contributed by atoms with van der Waals surface area (Å²) in [6, 6.07) is 8.60. The van der Waals surface area contributed by atoms with Crippen molar-refractivity contribution in [1.82, 2.24) is 0 Å². The predicted octanol–water partition coefficient (Wildman–Crippen LogP) is 3.01. The van der Waals surface area contributed by atoms with Crippen molar-refractivity contribution in [3.63, 3.8) is 0 Å². The SMILES string of the molecule is Nc1ccc(Oc2cc(O)cc(Oc3ccc(N)cc3C(F)(F)F)c2)c(C(F)(F)F)c1.[Na+].[OH-]. The fraction of sp³-hybridized carbons (Fsp3) is 0.100. The monoisotopic (exact) mass is 484 g/mol. The first-order chi connectivity index (χ1) is 14.3. The van der Waals surface area contributed by atoms with Gasteiger partial charge in [-0.05, 0) is 36.4 Å². The number of rotatable bonds is 4. The van der Waals surface area contributed by atoms with Crippen LogP contribution in [0.5, 0.6) is 28.7 Å². The third kappa shape index (κ3) is 7.09. The van der Waals surface area contributed by atoms with Crippen molar-refractivity contribution in [1.29, 1.82) is 0 Å². The molecule has 0 fully saturated rings. The number of aromatic hydroxyl groups is 1. The Labute approximate surface area is 205 Å². The van der Waals surface area contributed by atoms with E-state index in [1.807, 2.05) is 0 Å². The Balaban J connectivity index is 0.00000272. The van der Waals surface area contributed by atoms with Crippen LogP contribution in [0.4, 0.5) is 37.7 Å². The smallest absolute Gasteiger partial charge is 0.870 e. The van der Waals surface area contributed by atoms with Crippen molar-refractivity contribution in [2.45, 2.75) is 12.4 Å². The van der Waals surface area contributed by atoms with Crippen molar-refractivity contribution >= 4 is 11.4 Å². The first-order valence-electron chi connectivity index (χ1n) is 8.46. The van der Waals surface area contributed by atoms with Gasteiger partial charge in [-0.2, -0.15) is 26.3 Å².